The zero-order chi connectivity index (χ0) is 17.0. The molecule has 2 aromatic rings. The van der Waals surface area contributed by atoms with Crippen LogP contribution in [0, 0.1) is 3.57 Å². The number of hydrazone groups is 1. The van der Waals surface area contributed by atoms with E-state index >= 15 is 0 Å². The Morgan fingerprint density at radius 3 is 2.26 bits per heavy atom. The molecule has 1 N–H and O–H groups in total. The van der Waals surface area contributed by atoms with Crippen molar-refractivity contribution >= 4 is 34.2 Å². The van der Waals surface area contributed by atoms with Crippen LogP contribution in [0.1, 0.15) is 49.2 Å². The molecular formula is C19H21IN2O. The standard InChI is InChI=1S/C19H21IN2O/c1-13(15-6-5-7-17(20)12-15)21-22-18(23)14-8-10-16(11-9-14)19(2,3)4/h5-12H,1-4H3,(H,22,23). The number of carbonyl (C=O) groups is 1. The molecule has 4 heteroatoms. The van der Waals surface area contributed by atoms with E-state index in [0.29, 0.717) is 5.56 Å². The van der Waals surface area contributed by atoms with Gasteiger partial charge in [-0.3, -0.25) is 4.79 Å². The zero-order valence-electron chi connectivity index (χ0n) is 13.9. The van der Waals surface area contributed by atoms with Crippen LogP contribution in [0.5, 0.6) is 0 Å². The van der Waals surface area contributed by atoms with Gasteiger partial charge in [0, 0.05) is 9.13 Å². The van der Waals surface area contributed by atoms with Gasteiger partial charge < -0.3 is 0 Å². The Bertz CT molecular complexity index is 728. The van der Waals surface area contributed by atoms with Crippen molar-refractivity contribution in [3.05, 3.63) is 68.8 Å². The molecule has 3 nitrogen and oxygen atoms in total. The summed E-state index contributed by atoms with van der Waals surface area (Å²) in [5.41, 5.74) is 6.29. The largest absolute Gasteiger partial charge is 0.271 e. The molecule has 0 aliphatic carbocycles. The molecule has 0 atom stereocenters. The zero-order valence-corrected chi connectivity index (χ0v) is 16.0. The number of benzene rings is 2. The number of nitrogens with one attached hydrogen (secondary N) is 1. The van der Waals surface area contributed by atoms with Crippen molar-refractivity contribution < 1.29 is 4.79 Å². The molecule has 23 heavy (non-hydrogen) atoms. The second kappa shape index (κ2) is 7.25. The molecule has 0 aliphatic rings. The Kier molecular flexibility index (Phi) is 5.57. The molecule has 2 aromatic carbocycles. The van der Waals surface area contributed by atoms with Crippen molar-refractivity contribution in [3.8, 4) is 0 Å². The van der Waals surface area contributed by atoms with Gasteiger partial charge in [0.1, 0.15) is 0 Å². The van der Waals surface area contributed by atoms with E-state index in [1.165, 1.54) is 5.56 Å². The van der Waals surface area contributed by atoms with Gasteiger partial charge in [0.25, 0.3) is 5.91 Å². The Balaban J connectivity index is 2.08. The Labute approximate surface area is 151 Å². The van der Waals surface area contributed by atoms with Gasteiger partial charge in [-0.1, -0.05) is 45.0 Å². The third kappa shape index (κ3) is 4.89. The molecule has 0 saturated heterocycles. The Morgan fingerprint density at radius 1 is 1.04 bits per heavy atom. The molecule has 0 spiro atoms. The minimum atomic E-state index is -0.199. The maximum Gasteiger partial charge on any atom is 0.271 e. The summed E-state index contributed by atoms with van der Waals surface area (Å²) in [7, 11) is 0. The van der Waals surface area contributed by atoms with Crippen molar-refractivity contribution in [3.63, 3.8) is 0 Å². The molecule has 0 bridgehead atoms. The molecule has 0 heterocycles. The lowest BCUT2D eigenvalue weighted by Gasteiger charge is -2.18. The first kappa shape index (κ1) is 17.7. The third-order valence-electron chi connectivity index (χ3n) is 3.58. The lowest BCUT2D eigenvalue weighted by atomic mass is 9.87. The average Bonchev–Trinajstić information content (AvgIpc) is 2.51. The van der Waals surface area contributed by atoms with Crippen LogP contribution in [0.25, 0.3) is 0 Å². The number of halogens is 1. The summed E-state index contributed by atoms with van der Waals surface area (Å²) < 4.78 is 1.14. The molecule has 0 aromatic heterocycles. The first-order valence-electron chi connectivity index (χ1n) is 7.48. The highest BCUT2D eigenvalue weighted by atomic mass is 127. The summed E-state index contributed by atoms with van der Waals surface area (Å²) >= 11 is 2.26. The van der Waals surface area contributed by atoms with Crippen LogP contribution < -0.4 is 5.43 Å². The van der Waals surface area contributed by atoms with Crippen LogP contribution in [0.15, 0.2) is 53.6 Å². The van der Waals surface area contributed by atoms with Crippen molar-refractivity contribution in [1.29, 1.82) is 0 Å². The SMILES string of the molecule is CC(=NNC(=O)c1ccc(C(C)(C)C)cc1)c1cccc(I)c1. The second-order valence-electron chi connectivity index (χ2n) is 6.48. The van der Waals surface area contributed by atoms with Crippen LogP contribution in [-0.4, -0.2) is 11.6 Å². The van der Waals surface area contributed by atoms with E-state index in [1.54, 1.807) is 0 Å². The summed E-state index contributed by atoms with van der Waals surface area (Å²) in [5, 5.41) is 4.20. The van der Waals surface area contributed by atoms with Gasteiger partial charge in [-0.15, -0.1) is 0 Å². The number of carbonyl (C=O) groups excluding carboxylic acids is 1. The number of hydrogen-bond acceptors (Lipinski definition) is 2. The van der Waals surface area contributed by atoms with E-state index in [-0.39, 0.29) is 11.3 Å². The van der Waals surface area contributed by atoms with E-state index in [2.05, 4.69) is 53.9 Å². The van der Waals surface area contributed by atoms with Crippen molar-refractivity contribution in [2.45, 2.75) is 33.1 Å². The molecule has 1 amide bonds. The average molecular weight is 420 g/mol. The molecule has 0 unspecified atom stereocenters. The Hall–Kier alpha value is -1.69. The van der Waals surface area contributed by atoms with Crippen LogP contribution in [0.4, 0.5) is 0 Å². The predicted octanol–water partition coefficient (Wildman–Crippen LogP) is 4.74. The monoisotopic (exact) mass is 420 g/mol. The summed E-state index contributed by atoms with van der Waals surface area (Å²) in [4.78, 5) is 12.2. The van der Waals surface area contributed by atoms with Gasteiger partial charge >= 0.3 is 0 Å². The highest BCUT2D eigenvalue weighted by Crippen LogP contribution is 2.22. The highest BCUT2D eigenvalue weighted by Gasteiger charge is 2.14. The van der Waals surface area contributed by atoms with Gasteiger partial charge in [0.2, 0.25) is 0 Å². The fourth-order valence-electron chi connectivity index (χ4n) is 2.10. The van der Waals surface area contributed by atoms with Crippen LogP contribution in [-0.2, 0) is 5.41 Å². The number of rotatable bonds is 3. The minimum Gasteiger partial charge on any atom is -0.267 e. The quantitative estimate of drug-likeness (QED) is 0.435. The fraction of sp³-hybridized carbons (Fsp3) is 0.263. The van der Waals surface area contributed by atoms with Crippen molar-refractivity contribution in [2.75, 3.05) is 0 Å². The smallest absolute Gasteiger partial charge is 0.267 e. The van der Waals surface area contributed by atoms with E-state index in [9.17, 15) is 4.79 Å². The third-order valence-corrected chi connectivity index (χ3v) is 4.25. The molecule has 0 radical (unpaired) electrons. The lowest BCUT2D eigenvalue weighted by molar-refractivity contribution is 0.0955. The molecular weight excluding hydrogens is 399 g/mol. The molecule has 2 rings (SSSR count). The molecule has 120 valence electrons. The fourth-order valence-corrected chi connectivity index (χ4v) is 2.64. The molecule has 0 aliphatic heterocycles. The maximum absolute atomic E-state index is 12.2. The van der Waals surface area contributed by atoms with Gasteiger partial charge in [0.15, 0.2) is 0 Å². The summed E-state index contributed by atoms with van der Waals surface area (Å²) in [6, 6.07) is 15.7. The molecule has 0 saturated carbocycles. The lowest BCUT2D eigenvalue weighted by Crippen LogP contribution is -2.20. The summed E-state index contributed by atoms with van der Waals surface area (Å²) in [5.74, 6) is -0.199. The van der Waals surface area contributed by atoms with Gasteiger partial charge in [-0.05, 0) is 70.3 Å². The van der Waals surface area contributed by atoms with Gasteiger partial charge in [0.05, 0.1) is 5.71 Å². The number of amides is 1. The van der Waals surface area contributed by atoms with Crippen molar-refractivity contribution in [1.82, 2.24) is 5.43 Å². The van der Waals surface area contributed by atoms with E-state index < -0.39 is 0 Å². The highest BCUT2D eigenvalue weighted by molar-refractivity contribution is 14.1. The predicted molar refractivity (Wildman–Crippen MR) is 104 cm³/mol. The number of hydrogen-bond donors (Lipinski definition) is 1. The van der Waals surface area contributed by atoms with Crippen molar-refractivity contribution in [2.24, 2.45) is 5.10 Å². The van der Waals surface area contributed by atoms with E-state index in [4.69, 9.17) is 0 Å². The van der Waals surface area contributed by atoms with Gasteiger partial charge in [-0.2, -0.15) is 5.10 Å². The topological polar surface area (TPSA) is 41.5 Å². The van der Waals surface area contributed by atoms with Gasteiger partial charge in [-0.25, -0.2) is 5.43 Å². The first-order chi connectivity index (χ1) is 10.8. The van der Waals surface area contributed by atoms with E-state index in [1.807, 2.05) is 55.5 Å². The van der Waals surface area contributed by atoms with Crippen LogP contribution in [0.3, 0.4) is 0 Å². The number of nitrogens with zero attached hydrogens (tertiary/aromatic N) is 1. The Morgan fingerprint density at radius 2 is 1.70 bits per heavy atom. The molecule has 0 fully saturated rings. The van der Waals surface area contributed by atoms with E-state index in [0.717, 1.165) is 14.8 Å². The summed E-state index contributed by atoms with van der Waals surface area (Å²) in [6.07, 6.45) is 0. The maximum atomic E-state index is 12.2. The summed E-state index contributed by atoms with van der Waals surface area (Å²) in [6.45, 7) is 8.33. The van der Waals surface area contributed by atoms with Crippen LogP contribution in [0.2, 0.25) is 0 Å². The second-order valence-corrected chi connectivity index (χ2v) is 7.72. The minimum absolute atomic E-state index is 0.0776. The normalized spacial score (nSPS) is 12.1. The van der Waals surface area contributed by atoms with Crippen LogP contribution >= 0.6 is 22.6 Å². The first-order valence-corrected chi connectivity index (χ1v) is 8.56.